The van der Waals surface area contributed by atoms with Gasteiger partial charge in [-0.1, -0.05) is 0 Å². The van der Waals surface area contributed by atoms with Gasteiger partial charge in [0.15, 0.2) is 0 Å². The molecule has 0 amide bonds. The van der Waals surface area contributed by atoms with Crippen LogP contribution in [-0.2, 0) is 0 Å². The molecule has 0 saturated carbocycles. The van der Waals surface area contributed by atoms with E-state index in [9.17, 15) is 0 Å². The first kappa shape index (κ1) is 9.16. The minimum absolute atomic E-state index is 0.0144. The van der Waals surface area contributed by atoms with E-state index in [1.54, 1.807) is 0 Å². The maximum absolute atomic E-state index is 5.63. The van der Waals surface area contributed by atoms with Crippen molar-refractivity contribution >= 4 is 31.9 Å². The lowest BCUT2D eigenvalue weighted by Crippen LogP contribution is -2.07. The summed E-state index contributed by atoms with van der Waals surface area (Å²) in [7, 11) is 0. The van der Waals surface area contributed by atoms with Crippen molar-refractivity contribution in [3.05, 3.63) is 26.9 Å². The van der Waals surface area contributed by atoms with E-state index >= 15 is 0 Å². The molecule has 0 unspecified atom stereocenters. The van der Waals surface area contributed by atoms with E-state index in [1.165, 1.54) is 0 Å². The van der Waals surface area contributed by atoms with Gasteiger partial charge in [0, 0.05) is 6.04 Å². The third-order valence-corrected chi connectivity index (χ3v) is 3.07. The normalized spacial score (nSPS) is 13.1. The van der Waals surface area contributed by atoms with Crippen LogP contribution in [0.15, 0.2) is 21.2 Å². The number of hydrogen-bond acceptors (Lipinski definition) is 2. The molecule has 1 aromatic heterocycles. The van der Waals surface area contributed by atoms with Crippen molar-refractivity contribution in [2.24, 2.45) is 5.73 Å². The van der Waals surface area contributed by atoms with Crippen LogP contribution in [0, 0.1) is 0 Å². The van der Waals surface area contributed by atoms with Gasteiger partial charge < -0.3 is 5.73 Å². The van der Waals surface area contributed by atoms with Crippen LogP contribution in [0.5, 0.6) is 0 Å². The average Bonchev–Trinajstić information content (AvgIpc) is 1.94. The number of halogens is 2. The molecule has 60 valence electrons. The van der Waals surface area contributed by atoms with E-state index in [0.29, 0.717) is 0 Å². The number of pyridine rings is 1. The molecule has 11 heavy (non-hydrogen) atoms. The van der Waals surface area contributed by atoms with Gasteiger partial charge in [-0.25, -0.2) is 4.98 Å². The van der Waals surface area contributed by atoms with E-state index in [0.717, 1.165) is 14.8 Å². The van der Waals surface area contributed by atoms with Crippen LogP contribution in [0.2, 0.25) is 0 Å². The largest absolute Gasteiger partial charge is 0.323 e. The van der Waals surface area contributed by atoms with Gasteiger partial charge in [-0.15, -0.1) is 0 Å². The highest BCUT2D eigenvalue weighted by Gasteiger charge is 2.03. The molecule has 1 heterocycles. The van der Waals surface area contributed by atoms with Crippen LogP contribution in [0.3, 0.4) is 0 Å². The molecule has 0 spiro atoms. The molecule has 1 rings (SSSR count). The number of hydrogen-bond donors (Lipinski definition) is 1. The highest BCUT2D eigenvalue weighted by molar-refractivity contribution is 9.13. The van der Waals surface area contributed by atoms with Gasteiger partial charge in [-0.05, 0) is 50.9 Å². The van der Waals surface area contributed by atoms with Gasteiger partial charge in [0.25, 0.3) is 0 Å². The number of nitrogens with two attached hydrogens (primary N) is 1. The predicted molar refractivity (Wildman–Crippen MR) is 52.2 cm³/mol. The zero-order valence-corrected chi connectivity index (χ0v) is 9.18. The summed E-state index contributed by atoms with van der Waals surface area (Å²) in [6.45, 7) is 1.91. The van der Waals surface area contributed by atoms with Crippen molar-refractivity contribution in [2.75, 3.05) is 0 Å². The van der Waals surface area contributed by atoms with Crippen LogP contribution in [0.4, 0.5) is 0 Å². The quantitative estimate of drug-likeness (QED) is 0.803. The molecular weight excluding hydrogens is 272 g/mol. The monoisotopic (exact) mass is 278 g/mol. The number of aromatic nitrogens is 1. The van der Waals surface area contributed by atoms with Crippen molar-refractivity contribution in [1.82, 2.24) is 4.98 Å². The van der Waals surface area contributed by atoms with Crippen molar-refractivity contribution in [3.8, 4) is 0 Å². The molecular formula is C7H8Br2N2. The molecule has 0 saturated heterocycles. The van der Waals surface area contributed by atoms with Gasteiger partial charge in [-0.2, -0.15) is 0 Å². The van der Waals surface area contributed by atoms with E-state index < -0.39 is 0 Å². The van der Waals surface area contributed by atoms with Crippen LogP contribution in [0.1, 0.15) is 18.7 Å². The first-order chi connectivity index (χ1) is 5.11. The third-order valence-electron chi connectivity index (χ3n) is 1.29. The van der Waals surface area contributed by atoms with Crippen molar-refractivity contribution < 1.29 is 0 Å². The van der Waals surface area contributed by atoms with Crippen LogP contribution in [0.25, 0.3) is 0 Å². The Kier molecular flexibility index (Phi) is 3.04. The topological polar surface area (TPSA) is 38.9 Å². The first-order valence-electron chi connectivity index (χ1n) is 3.19. The Hall–Kier alpha value is 0.0700. The van der Waals surface area contributed by atoms with Crippen molar-refractivity contribution in [3.63, 3.8) is 0 Å². The van der Waals surface area contributed by atoms with Crippen LogP contribution in [-0.4, -0.2) is 4.98 Å². The summed E-state index contributed by atoms with van der Waals surface area (Å²) >= 11 is 6.63. The molecule has 0 bridgehead atoms. The summed E-state index contributed by atoms with van der Waals surface area (Å²) in [5, 5.41) is 0. The standard InChI is InChI=1S/C7H8Br2N2/c1-4(10)6-3-2-5(8)7(9)11-6/h2-4H,10H2,1H3/t4-/m0/s1. The highest BCUT2D eigenvalue weighted by atomic mass is 79.9. The molecule has 1 atom stereocenters. The third kappa shape index (κ3) is 2.25. The smallest absolute Gasteiger partial charge is 0.120 e. The van der Waals surface area contributed by atoms with Crippen molar-refractivity contribution in [2.45, 2.75) is 13.0 Å². The molecule has 0 aliphatic carbocycles. The molecule has 0 aliphatic rings. The van der Waals surface area contributed by atoms with Crippen LogP contribution >= 0.6 is 31.9 Å². The molecule has 0 aliphatic heterocycles. The Morgan fingerprint density at radius 1 is 1.45 bits per heavy atom. The summed E-state index contributed by atoms with van der Waals surface area (Å²) < 4.78 is 1.74. The Morgan fingerprint density at radius 2 is 2.09 bits per heavy atom. The fraction of sp³-hybridized carbons (Fsp3) is 0.286. The van der Waals surface area contributed by atoms with E-state index in [2.05, 4.69) is 36.8 Å². The SMILES string of the molecule is C[C@H](N)c1ccc(Br)c(Br)n1. The van der Waals surface area contributed by atoms with Gasteiger partial charge in [0.2, 0.25) is 0 Å². The van der Waals surface area contributed by atoms with E-state index in [1.807, 2.05) is 19.1 Å². The van der Waals surface area contributed by atoms with Crippen LogP contribution < -0.4 is 5.73 Å². The minimum atomic E-state index is -0.0144. The maximum Gasteiger partial charge on any atom is 0.120 e. The van der Waals surface area contributed by atoms with Gasteiger partial charge >= 0.3 is 0 Å². The van der Waals surface area contributed by atoms with Gasteiger partial charge in [0.1, 0.15) is 4.60 Å². The predicted octanol–water partition coefficient (Wildman–Crippen LogP) is 2.63. The molecule has 0 aromatic carbocycles. The number of nitrogens with zero attached hydrogens (tertiary/aromatic N) is 1. The van der Waals surface area contributed by atoms with E-state index in [-0.39, 0.29) is 6.04 Å². The fourth-order valence-corrected chi connectivity index (χ4v) is 1.24. The molecule has 4 heteroatoms. The summed E-state index contributed by atoms with van der Waals surface area (Å²) in [6.07, 6.45) is 0. The Bertz CT molecular complexity index is 261. The lowest BCUT2D eigenvalue weighted by Gasteiger charge is -2.04. The lowest BCUT2D eigenvalue weighted by molar-refractivity contribution is 0.776. The second kappa shape index (κ2) is 3.65. The molecule has 1 aromatic rings. The molecule has 0 radical (unpaired) electrons. The summed E-state index contributed by atoms with van der Waals surface area (Å²) in [6, 6.07) is 3.81. The lowest BCUT2D eigenvalue weighted by atomic mass is 10.2. The Morgan fingerprint density at radius 3 is 2.55 bits per heavy atom. The highest BCUT2D eigenvalue weighted by Crippen LogP contribution is 2.21. The minimum Gasteiger partial charge on any atom is -0.323 e. The zero-order chi connectivity index (χ0) is 8.43. The fourth-order valence-electron chi connectivity index (χ4n) is 0.685. The molecule has 2 nitrogen and oxygen atoms in total. The zero-order valence-electron chi connectivity index (χ0n) is 6.01. The Balaban J connectivity index is 3.05. The first-order valence-corrected chi connectivity index (χ1v) is 4.77. The van der Waals surface area contributed by atoms with Crippen molar-refractivity contribution in [1.29, 1.82) is 0 Å². The second-order valence-electron chi connectivity index (χ2n) is 2.30. The van der Waals surface area contributed by atoms with Gasteiger partial charge in [-0.3, -0.25) is 0 Å². The summed E-state index contributed by atoms with van der Waals surface area (Å²) in [4.78, 5) is 4.22. The summed E-state index contributed by atoms with van der Waals surface area (Å²) in [5.74, 6) is 0. The molecule has 2 N–H and O–H groups in total. The van der Waals surface area contributed by atoms with Gasteiger partial charge in [0.05, 0.1) is 10.2 Å². The Labute approximate surface area is 82.5 Å². The summed E-state index contributed by atoms with van der Waals surface area (Å²) in [5.41, 5.74) is 6.52. The second-order valence-corrected chi connectivity index (χ2v) is 3.90. The van der Waals surface area contributed by atoms with E-state index in [4.69, 9.17) is 5.73 Å². The number of rotatable bonds is 1. The average molecular weight is 280 g/mol. The maximum atomic E-state index is 5.63. The molecule has 0 fully saturated rings.